The maximum absolute atomic E-state index is 12.7. The van der Waals surface area contributed by atoms with Crippen molar-refractivity contribution >= 4 is 29.1 Å². The highest BCUT2D eigenvalue weighted by atomic mass is 35.5. The molecule has 0 radical (unpaired) electrons. The minimum Gasteiger partial charge on any atom is -0.495 e. The second-order valence-corrected chi connectivity index (χ2v) is 6.69. The zero-order valence-corrected chi connectivity index (χ0v) is 15.7. The van der Waals surface area contributed by atoms with E-state index >= 15 is 0 Å². The molecule has 1 aromatic heterocycles. The molecular weight excluding hydrogens is 354 g/mol. The first-order valence-electron chi connectivity index (χ1n) is 8.59. The van der Waals surface area contributed by atoms with Gasteiger partial charge in [0.1, 0.15) is 5.75 Å². The molecule has 7 nitrogen and oxygen atoms in total. The number of carbonyl (C=O) groups excluding carboxylic acids is 1. The molecule has 8 heteroatoms. The van der Waals surface area contributed by atoms with Crippen LogP contribution in [0.25, 0.3) is 0 Å². The molecule has 0 aliphatic carbocycles. The van der Waals surface area contributed by atoms with Gasteiger partial charge in [-0.15, -0.1) is 0 Å². The molecular formula is C18H23ClN5O2+. The Labute approximate surface area is 157 Å². The molecule has 0 saturated carbocycles. The maximum Gasteiger partial charge on any atom is 0.282 e. The molecule has 1 fully saturated rings. The predicted octanol–water partition coefficient (Wildman–Crippen LogP) is 0.871. The van der Waals surface area contributed by atoms with Crippen LogP contribution in [-0.4, -0.2) is 55.2 Å². The number of nitrogens with zero attached hydrogens (tertiary/aromatic N) is 3. The molecule has 2 aromatic rings. The van der Waals surface area contributed by atoms with Gasteiger partial charge in [0.15, 0.2) is 6.04 Å². The minimum absolute atomic E-state index is 0.0509. The van der Waals surface area contributed by atoms with Gasteiger partial charge in [0.05, 0.1) is 39.0 Å². The Bertz CT molecular complexity index is 751. The summed E-state index contributed by atoms with van der Waals surface area (Å²) in [5.74, 6) is 1.29. The smallest absolute Gasteiger partial charge is 0.282 e. The Kier molecular flexibility index (Phi) is 5.90. The van der Waals surface area contributed by atoms with E-state index in [9.17, 15) is 4.79 Å². The van der Waals surface area contributed by atoms with E-state index in [1.54, 1.807) is 37.7 Å². The first-order valence-corrected chi connectivity index (χ1v) is 8.97. The number of benzene rings is 1. The molecule has 1 aliphatic rings. The van der Waals surface area contributed by atoms with Gasteiger partial charge in [-0.3, -0.25) is 4.79 Å². The van der Waals surface area contributed by atoms with Gasteiger partial charge in [0.25, 0.3) is 5.91 Å². The van der Waals surface area contributed by atoms with Crippen molar-refractivity contribution in [1.29, 1.82) is 0 Å². The zero-order valence-electron chi connectivity index (χ0n) is 14.9. The monoisotopic (exact) mass is 376 g/mol. The van der Waals surface area contributed by atoms with Crippen molar-refractivity contribution in [1.82, 2.24) is 9.97 Å². The number of halogens is 1. The number of quaternary nitrogens is 1. The van der Waals surface area contributed by atoms with Crippen molar-refractivity contribution in [2.45, 2.75) is 13.0 Å². The lowest BCUT2D eigenvalue weighted by atomic mass is 10.2. The van der Waals surface area contributed by atoms with Crippen molar-refractivity contribution in [3.63, 3.8) is 0 Å². The molecule has 0 bridgehead atoms. The minimum atomic E-state index is -0.183. The number of aromatic nitrogens is 2. The molecule has 1 saturated heterocycles. The summed E-state index contributed by atoms with van der Waals surface area (Å²) in [6, 6.07) is 6.80. The summed E-state index contributed by atoms with van der Waals surface area (Å²) >= 11 is 6.03. The van der Waals surface area contributed by atoms with Gasteiger partial charge in [-0.1, -0.05) is 11.6 Å². The van der Waals surface area contributed by atoms with Crippen LogP contribution in [0.3, 0.4) is 0 Å². The number of hydrogen-bond donors (Lipinski definition) is 2. The van der Waals surface area contributed by atoms with Crippen LogP contribution in [0.4, 0.5) is 11.6 Å². The number of nitrogens with one attached hydrogen (secondary N) is 2. The van der Waals surface area contributed by atoms with Gasteiger partial charge in [-0.05, 0) is 31.2 Å². The lowest BCUT2D eigenvalue weighted by molar-refractivity contribution is -0.914. The topological polar surface area (TPSA) is 71.8 Å². The normalized spacial score (nSPS) is 16.2. The first-order chi connectivity index (χ1) is 12.6. The summed E-state index contributed by atoms with van der Waals surface area (Å²) in [6.45, 7) is 5.27. The van der Waals surface area contributed by atoms with Gasteiger partial charge in [-0.25, -0.2) is 9.97 Å². The van der Waals surface area contributed by atoms with Gasteiger partial charge < -0.3 is 19.9 Å². The van der Waals surface area contributed by atoms with Gasteiger partial charge >= 0.3 is 0 Å². The highest BCUT2D eigenvalue weighted by molar-refractivity contribution is 6.31. The number of methoxy groups -OCH3 is 1. The SMILES string of the molecule is COc1ccc(Cl)cc1NC(=O)[C@@H](C)[NH+]1CCN(c2ncccn2)CC1. The number of rotatable bonds is 5. The summed E-state index contributed by atoms with van der Waals surface area (Å²) in [5, 5.41) is 3.49. The molecule has 26 heavy (non-hydrogen) atoms. The highest BCUT2D eigenvalue weighted by Crippen LogP contribution is 2.27. The summed E-state index contributed by atoms with van der Waals surface area (Å²) < 4.78 is 5.29. The van der Waals surface area contributed by atoms with Gasteiger partial charge in [-0.2, -0.15) is 0 Å². The largest absolute Gasteiger partial charge is 0.495 e. The number of amides is 1. The van der Waals surface area contributed by atoms with E-state index in [4.69, 9.17) is 16.3 Å². The zero-order chi connectivity index (χ0) is 18.5. The molecule has 1 aromatic carbocycles. The van der Waals surface area contributed by atoms with Gasteiger partial charge in [0, 0.05) is 17.4 Å². The number of carbonyl (C=O) groups is 1. The van der Waals surface area contributed by atoms with E-state index in [-0.39, 0.29) is 11.9 Å². The van der Waals surface area contributed by atoms with E-state index in [0.29, 0.717) is 16.5 Å². The van der Waals surface area contributed by atoms with E-state index in [1.165, 1.54) is 4.90 Å². The quantitative estimate of drug-likeness (QED) is 0.810. The third-order valence-corrected chi connectivity index (χ3v) is 4.90. The first kappa shape index (κ1) is 18.4. The van der Waals surface area contributed by atoms with E-state index < -0.39 is 0 Å². The van der Waals surface area contributed by atoms with Crippen molar-refractivity contribution in [3.8, 4) is 5.75 Å². The Morgan fingerprint density at radius 1 is 1.31 bits per heavy atom. The van der Waals surface area contributed by atoms with Crippen LogP contribution >= 0.6 is 11.6 Å². The molecule has 1 amide bonds. The number of ether oxygens (including phenoxy) is 1. The van der Waals surface area contributed by atoms with E-state index in [1.807, 2.05) is 13.0 Å². The Hall–Kier alpha value is -2.38. The molecule has 138 valence electrons. The summed E-state index contributed by atoms with van der Waals surface area (Å²) in [7, 11) is 1.57. The van der Waals surface area contributed by atoms with Crippen LogP contribution in [-0.2, 0) is 4.79 Å². The summed E-state index contributed by atoms with van der Waals surface area (Å²) in [4.78, 5) is 24.6. The van der Waals surface area contributed by atoms with Crippen LogP contribution in [0, 0.1) is 0 Å². The van der Waals surface area contributed by atoms with Crippen molar-refractivity contribution in [3.05, 3.63) is 41.7 Å². The summed E-state index contributed by atoms with van der Waals surface area (Å²) in [6.07, 6.45) is 3.49. The number of piperazine rings is 1. The average Bonchev–Trinajstić information content (AvgIpc) is 2.68. The Morgan fingerprint density at radius 3 is 2.65 bits per heavy atom. The Morgan fingerprint density at radius 2 is 2.00 bits per heavy atom. The molecule has 0 spiro atoms. The number of anilines is 2. The summed E-state index contributed by atoms with van der Waals surface area (Å²) in [5.41, 5.74) is 0.590. The third kappa shape index (κ3) is 4.23. The lowest BCUT2D eigenvalue weighted by Crippen LogP contribution is -3.19. The predicted molar refractivity (Wildman–Crippen MR) is 101 cm³/mol. The standard InChI is InChI=1S/C18H22ClN5O2/c1-13(17(25)22-15-12-14(19)4-5-16(15)26-2)23-8-10-24(11-9-23)18-20-6-3-7-21-18/h3-7,12-13H,8-11H2,1-2H3,(H,22,25)/p+1/t13-/m1/s1. The maximum atomic E-state index is 12.7. The third-order valence-electron chi connectivity index (χ3n) is 4.67. The van der Waals surface area contributed by atoms with Crippen LogP contribution in [0.5, 0.6) is 5.75 Å². The molecule has 1 aliphatic heterocycles. The van der Waals surface area contributed by atoms with Crippen LogP contribution in [0.15, 0.2) is 36.7 Å². The van der Waals surface area contributed by atoms with Crippen LogP contribution < -0.4 is 19.9 Å². The number of hydrogen-bond acceptors (Lipinski definition) is 5. The van der Waals surface area contributed by atoms with Crippen LogP contribution in [0.2, 0.25) is 5.02 Å². The Balaban J connectivity index is 1.59. The lowest BCUT2D eigenvalue weighted by Gasteiger charge is -2.34. The van der Waals surface area contributed by atoms with Crippen molar-refractivity contribution in [2.75, 3.05) is 43.5 Å². The average molecular weight is 377 g/mol. The van der Waals surface area contributed by atoms with Crippen molar-refractivity contribution in [2.24, 2.45) is 0 Å². The fourth-order valence-corrected chi connectivity index (χ4v) is 3.26. The molecule has 2 heterocycles. The second kappa shape index (κ2) is 8.33. The second-order valence-electron chi connectivity index (χ2n) is 6.25. The molecule has 2 N–H and O–H groups in total. The van der Waals surface area contributed by atoms with Crippen LogP contribution in [0.1, 0.15) is 6.92 Å². The highest BCUT2D eigenvalue weighted by Gasteiger charge is 2.30. The van der Waals surface area contributed by atoms with Gasteiger partial charge in [0.2, 0.25) is 5.95 Å². The van der Waals surface area contributed by atoms with E-state index in [2.05, 4.69) is 20.2 Å². The van der Waals surface area contributed by atoms with E-state index in [0.717, 1.165) is 32.1 Å². The fraction of sp³-hybridized carbons (Fsp3) is 0.389. The van der Waals surface area contributed by atoms with Crippen molar-refractivity contribution < 1.29 is 14.4 Å². The molecule has 0 unspecified atom stereocenters. The fourth-order valence-electron chi connectivity index (χ4n) is 3.09. The molecule has 1 atom stereocenters. The molecule has 3 rings (SSSR count).